The van der Waals surface area contributed by atoms with Gasteiger partial charge < -0.3 is 4.90 Å². The molecule has 0 fully saturated rings. The van der Waals surface area contributed by atoms with Gasteiger partial charge in [-0.2, -0.15) is 0 Å². The van der Waals surface area contributed by atoms with Crippen LogP contribution in [0.25, 0.3) is 0 Å². The maximum atomic E-state index is 4.23. The minimum atomic E-state index is 0.453. The number of hydrogen-bond acceptors (Lipinski definition) is 2. The summed E-state index contributed by atoms with van der Waals surface area (Å²) in [4.78, 5) is 6.65. The van der Waals surface area contributed by atoms with Crippen molar-refractivity contribution in [1.29, 1.82) is 0 Å². The molecule has 2 aromatic carbocycles. The van der Waals surface area contributed by atoms with E-state index in [4.69, 9.17) is 0 Å². The average molecular weight is 314 g/mol. The SMILES string of the molecule is CN1Cc2ccc(Cc3cccnc3)cc2C(c2ccccc2)C1. The van der Waals surface area contributed by atoms with Gasteiger partial charge in [0, 0.05) is 31.4 Å². The molecule has 0 spiro atoms. The predicted octanol–water partition coefficient (Wildman–Crippen LogP) is 4.25. The first-order valence-corrected chi connectivity index (χ1v) is 8.54. The molecule has 3 aromatic rings. The third-order valence-electron chi connectivity index (χ3n) is 4.85. The number of fused-ring (bicyclic) bond motifs is 1. The second-order valence-corrected chi connectivity index (χ2v) is 6.73. The lowest BCUT2D eigenvalue weighted by atomic mass is 9.83. The van der Waals surface area contributed by atoms with Crippen LogP contribution in [-0.4, -0.2) is 23.5 Å². The second-order valence-electron chi connectivity index (χ2n) is 6.73. The molecule has 2 heteroatoms. The highest BCUT2D eigenvalue weighted by molar-refractivity contribution is 5.43. The van der Waals surface area contributed by atoms with Gasteiger partial charge >= 0.3 is 0 Å². The summed E-state index contributed by atoms with van der Waals surface area (Å²) in [6, 6.07) is 22.0. The molecule has 1 unspecified atom stereocenters. The standard InChI is InChI=1S/C22H22N2/c1-24-15-20-10-9-17(12-18-6-5-11-23-14-18)13-21(20)22(16-24)19-7-3-2-4-8-19/h2-11,13-14,22H,12,15-16H2,1H3. The maximum Gasteiger partial charge on any atom is 0.0303 e. The zero-order valence-electron chi connectivity index (χ0n) is 14.0. The van der Waals surface area contributed by atoms with Gasteiger partial charge in [-0.05, 0) is 47.4 Å². The average Bonchev–Trinajstić information content (AvgIpc) is 2.63. The Labute approximate surface area is 143 Å². The number of likely N-dealkylation sites (N-methyl/N-ethyl adjacent to an activating group) is 1. The molecular formula is C22H22N2. The molecule has 0 saturated heterocycles. The van der Waals surface area contributed by atoms with E-state index >= 15 is 0 Å². The summed E-state index contributed by atoms with van der Waals surface area (Å²) in [5, 5.41) is 0. The van der Waals surface area contributed by atoms with E-state index in [9.17, 15) is 0 Å². The Morgan fingerprint density at radius 3 is 2.67 bits per heavy atom. The fourth-order valence-corrected chi connectivity index (χ4v) is 3.70. The van der Waals surface area contributed by atoms with E-state index in [0.29, 0.717) is 5.92 Å². The van der Waals surface area contributed by atoms with Crippen molar-refractivity contribution in [3.05, 3.63) is 101 Å². The van der Waals surface area contributed by atoms with Crippen LogP contribution < -0.4 is 0 Å². The summed E-state index contributed by atoms with van der Waals surface area (Å²) in [6.07, 6.45) is 4.73. The van der Waals surface area contributed by atoms with Crippen molar-refractivity contribution in [2.75, 3.05) is 13.6 Å². The summed E-state index contributed by atoms with van der Waals surface area (Å²) in [5.74, 6) is 0.453. The predicted molar refractivity (Wildman–Crippen MR) is 98.1 cm³/mol. The highest BCUT2D eigenvalue weighted by Gasteiger charge is 2.24. The van der Waals surface area contributed by atoms with E-state index in [1.54, 1.807) is 0 Å². The van der Waals surface area contributed by atoms with Gasteiger partial charge in [-0.1, -0.05) is 54.6 Å². The van der Waals surface area contributed by atoms with Crippen molar-refractivity contribution < 1.29 is 0 Å². The largest absolute Gasteiger partial charge is 0.301 e. The summed E-state index contributed by atoms with van der Waals surface area (Å²) in [5.41, 5.74) is 6.98. The summed E-state index contributed by atoms with van der Waals surface area (Å²) < 4.78 is 0. The molecular weight excluding hydrogens is 292 g/mol. The topological polar surface area (TPSA) is 16.1 Å². The number of rotatable bonds is 3. The number of pyridine rings is 1. The first kappa shape index (κ1) is 15.1. The van der Waals surface area contributed by atoms with Crippen molar-refractivity contribution in [2.24, 2.45) is 0 Å². The van der Waals surface area contributed by atoms with Crippen LogP contribution >= 0.6 is 0 Å². The lowest BCUT2D eigenvalue weighted by Gasteiger charge is -2.33. The van der Waals surface area contributed by atoms with Gasteiger partial charge in [-0.3, -0.25) is 4.98 Å². The van der Waals surface area contributed by atoms with Gasteiger partial charge in [0.1, 0.15) is 0 Å². The Kier molecular flexibility index (Phi) is 4.14. The van der Waals surface area contributed by atoms with Crippen LogP contribution in [0.1, 0.15) is 33.7 Å². The van der Waals surface area contributed by atoms with Crippen LogP contribution in [0.15, 0.2) is 73.1 Å². The van der Waals surface area contributed by atoms with E-state index in [1.165, 1.54) is 27.8 Å². The molecule has 120 valence electrons. The van der Waals surface area contributed by atoms with Gasteiger partial charge in [0.05, 0.1) is 0 Å². The van der Waals surface area contributed by atoms with Crippen LogP contribution in [-0.2, 0) is 13.0 Å². The molecule has 0 saturated carbocycles. The quantitative estimate of drug-likeness (QED) is 0.718. The van der Waals surface area contributed by atoms with Crippen molar-refractivity contribution in [1.82, 2.24) is 9.88 Å². The Balaban J connectivity index is 1.70. The molecule has 24 heavy (non-hydrogen) atoms. The monoisotopic (exact) mass is 314 g/mol. The minimum Gasteiger partial charge on any atom is -0.301 e. The summed E-state index contributed by atoms with van der Waals surface area (Å²) in [6.45, 7) is 2.11. The van der Waals surface area contributed by atoms with Crippen LogP contribution in [0.3, 0.4) is 0 Å². The zero-order valence-corrected chi connectivity index (χ0v) is 14.0. The van der Waals surface area contributed by atoms with Crippen LogP contribution in [0.4, 0.5) is 0 Å². The molecule has 4 rings (SSSR count). The van der Waals surface area contributed by atoms with E-state index in [2.05, 4.69) is 71.5 Å². The molecule has 0 N–H and O–H groups in total. The Morgan fingerprint density at radius 2 is 1.88 bits per heavy atom. The second kappa shape index (κ2) is 6.58. The first-order valence-electron chi connectivity index (χ1n) is 8.54. The Morgan fingerprint density at radius 1 is 1.00 bits per heavy atom. The first-order chi connectivity index (χ1) is 11.8. The molecule has 2 nitrogen and oxygen atoms in total. The molecule has 1 aliphatic rings. The Hall–Kier alpha value is -2.45. The van der Waals surface area contributed by atoms with Crippen molar-refractivity contribution in [2.45, 2.75) is 18.9 Å². The molecule has 1 atom stereocenters. The Bertz CT molecular complexity index is 812. The van der Waals surface area contributed by atoms with Crippen molar-refractivity contribution in [3.63, 3.8) is 0 Å². The van der Waals surface area contributed by atoms with Crippen molar-refractivity contribution >= 4 is 0 Å². The van der Waals surface area contributed by atoms with Gasteiger partial charge in [-0.25, -0.2) is 0 Å². The van der Waals surface area contributed by atoms with Gasteiger partial charge in [0.15, 0.2) is 0 Å². The molecule has 1 aliphatic heterocycles. The third-order valence-corrected chi connectivity index (χ3v) is 4.85. The highest BCUT2D eigenvalue weighted by Crippen LogP contribution is 2.33. The minimum absolute atomic E-state index is 0.453. The normalized spacial score (nSPS) is 17.5. The molecule has 0 aliphatic carbocycles. The maximum absolute atomic E-state index is 4.23. The molecule has 0 radical (unpaired) electrons. The van der Waals surface area contributed by atoms with E-state index in [1.807, 2.05) is 18.5 Å². The molecule has 0 bridgehead atoms. The van der Waals surface area contributed by atoms with Crippen molar-refractivity contribution in [3.8, 4) is 0 Å². The zero-order chi connectivity index (χ0) is 16.4. The smallest absolute Gasteiger partial charge is 0.0303 e. The van der Waals surface area contributed by atoms with E-state index < -0.39 is 0 Å². The summed E-state index contributed by atoms with van der Waals surface area (Å²) >= 11 is 0. The fraction of sp³-hybridized carbons (Fsp3) is 0.227. The van der Waals surface area contributed by atoms with Crippen LogP contribution in [0, 0.1) is 0 Å². The highest BCUT2D eigenvalue weighted by atomic mass is 15.1. The van der Waals surface area contributed by atoms with Gasteiger partial charge in [0.2, 0.25) is 0 Å². The number of benzene rings is 2. The number of aromatic nitrogens is 1. The number of hydrogen-bond donors (Lipinski definition) is 0. The molecule has 2 heterocycles. The lowest BCUT2D eigenvalue weighted by Crippen LogP contribution is -2.31. The van der Waals surface area contributed by atoms with E-state index in [0.717, 1.165) is 19.5 Å². The van der Waals surface area contributed by atoms with Gasteiger partial charge in [-0.15, -0.1) is 0 Å². The number of nitrogens with zero attached hydrogens (tertiary/aromatic N) is 2. The van der Waals surface area contributed by atoms with E-state index in [-0.39, 0.29) is 0 Å². The molecule has 1 aromatic heterocycles. The summed E-state index contributed by atoms with van der Waals surface area (Å²) in [7, 11) is 2.21. The van der Waals surface area contributed by atoms with Crippen LogP contribution in [0.5, 0.6) is 0 Å². The third kappa shape index (κ3) is 3.10. The molecule has 0 amide bonds. The van der Waals surface area contributed by atoms with Crippen LogP contribution in [0.2, 0.25) is 0 Å². The fourth-order valence-electron chi connectivity index (χ4n) is 3.70. The van der Waals surface area contributed by atoms with Gasteiger partial charge in [0.25, 0.3) is 0 Å². The lowest BCUT2D eigenvalue weighted by molar-refractivity contribution is 0.295.